The number of hydrogen-bond acceptors (Lipinski definition) is 4. The van der Waals surface area contributed by atoms with Crippen LogP contribution in [0.2, 0.25) is 0 Å². The van der Waals surface area contributed by atoms with Gasteiger partial charge in [-0.1, -0.05) is 0 Å². The molecule has 1 unspecified atom stereocenters. The summed E-state index contributed by atoms with van der Waals surface area (Å²) in [6.07, 6.45) is 8.51. The number of aromatic nitrogens is 3. The highest BCUT2D eigenvalue weighted by molar-refractivity contribution is 6.00. The Morgan fingerprint density at radius 3 is 3.21 bits per heavy atom. The van der Waals surface area contributed by atoms with Gasteiger partial charge in [-0.25, -0.2) is 4.52 Å². The molecule has 1 N–H and O–H groups in total. The molecule has 6 nitrogen and oxygen atoms in total. The van der Waals surface area contributed by atoms with Gasteiger partial charge in [0.15, 0.2) is 0 Å². The molecule has 1 aliphatic rings. The molecule has 1 fully saturated rings. The molecule has 2 aromatic heterocycles. The maximum absolute atomic E-state index is 12.5. The number of carbonyl (C=O) groups is 1. The van der Waals surface area contributed by atoms with Gasteiger partial charge in [-0.05, 0) is 18.8 Å². The summed E-state index contributed by atoms with van der Waals surface area (Å²) in [4.78, 5) is 18.3. The topological polar surface area (TPSA) is 70.7 Å². The van der Waals surface area contributed by atoms with Crippen LogP contribution in [0.25, 0.3) is 5.52 Å². The zero-order valence-electron chi connectivity index (χ0n) is 10.6. The molecule has 0 saturated carbocycles. The van der Waals surface area contributed by atoms with Crippen molar-refractivity contribution in [1.29, 1.82) is 0 Å². The summed E-state index contributed by atoms with van der Waals surface area (Å²) >= 11 is 0. The van der Waals surface area contributed by atoms with Crippen molar-refractivity contribution >= 4 is 11.4 Å². The first-order valence-electron chi connectivity index (χ1n) is 6.47. The Morgan fingerprint density at radius 2 is 2.37 bits per heavy atom. The van der Waals surface area contributed by atoms with Gasteiger partial charge in [-0.3, -0.25) is 9.78 Å². The molecule has 1 amide bonds. The number of aliphatic hydroxyl groups is 1. The summed E-state index contributed by atoms with van der Waals surface area (Å²) in [7, 11) is 0. The third-order valence-corrected chi connectivity index (χ3v) is 3.62. The number of carbonyl (C=O) groups excluding carboxylic acids is 1. The molecule has 2 aromatic rings. The van der Waals surface area contributed by atoms with E-state index in [4.69, 9.17) is 0 Å². The van der Waals surface area contributed by atoms with Gasteiger partial charge < -0.3 is 10.0 Å². The van der Waals surface area contributed by atoms with E-state index in [1.54, 1.807) is 34.2 Å². The highest BCUT2D eigenvalue weighted by Crippen LogP contribution is 2.19. The monoisotopic (exact) mass is 260 g/mol. The van der Waals surface area contributed by atoms with Gasteiger partial charge in [0.1, 0.15) is 0 Å². The SMILES string of the molecule is O=C(c1cnn2ccncc12)N1CCCC(CO)C1. The molecule has 0 bridgehead atoms. The van der Waals surface area contributed by atoms with Crippen LogP contribution in [0, 0.1) is 5.92 Å². The molecular weight excluding hydrogens is 244 g/mol. The lowest BCUT2D eigenvalue weighted by Gasteiger charge is -2.31. The first-order chi connectivity index (χ1) is 9.29. The Labute approximate surface area is 110 Å². The molecule has 1 aliphatic heterocycles. The van der Waals surface area contributed by atoms with Crippen molar-refractivity contribution in [3.05, 3.63) is 30.4 Å². The van der Waals surface area contributed by atoms with E-state index in [2.05, 4.69) is 10.1 Å². The molecule has 0 aromatic carbocycles. The second-order valence-corrected chi connectivity index (χ2v) is 4.91. The molecule has 100 valence electrons. The average Bonchev–Trinajstić information content (AvgIpc) is 2.90. The Bertz CT molecular complexity index is 595. The summed E-state index contributed by atoms with van der Waals surface area (Å²) in [5.74, 6) is 0.166. The molecule has 1 atom stereocenters. The Hall–Kier alpha value is -1.95. The van der Waals surface area contributed by atoms with Gasteiger partial charge in [-0.15, -0.1) is 0 Å². The van der Waals surface area contributed by atoms with Crippen LogP contribution in [-0.4, -0.2) is 50.2 Å². The number of aliphatic hydroxyl groups excluding tert-OH is 1. The zero-order chi connectivity index (χ0) is 13.2. The molecule has 19 heavy (non-hydrogen) atoms. The van der Waals surface area contributed by atoms with Gasteiger partial charge in [-0.2, -0.15) is 5.10 Å². The predicted molar refractivity (Wildman–Crippen MR) is 68.7 cm³/mol. The number of hydrogen-bond donors (Lipinski definition) is 1. The molecule has 3 heterocycles. The lowest BCUT2D eigenvalue weighted by Crippen LogP contribution is -2.40. The van der Waals surface area contributed by atoms with Crippen molar-refractivity contribution in [3.8, 4) is 0 Å². The van der Waals surface area contributed by atoms with Crippen molar-refractivity contribution < 1.29 is 9.90 Å². The van der Waals surface area contributed by atoms with Crippen molar-refractivity contribution in [2.45, 2.75) is 12.8 Å². The first kappa shape index (κ1) is 12.1. The smallest absolute Gasteiger partial charge is 0.257 e. The lowest BCUT2D eigenvalue weighted by atomic mass is 9.98. The van der Waals surface area contributed by atoms with Crippen LogP contribution in [0.15, 0.2) is 24.8 Å². The van der Waals surface area contributed by atoms with Crippen LogP contribution in [0.3, 0.4) is 0 Å². The molecule has 0 aliphatic carbocycles. The quantitative estimate of drug-likeness (QED) is 0.857. The second kappa shape index (κ2) is 4.97. The summed E-state index contributed by atoms with van der Waals surface area (Å²) in [5, 5.41) is 13.4. The number of fused-ring (bicyclic) bond motifs is 1. The maximum Gasteiger partial charge on any atom is 0.257 e. The average molecular weight is 260 g/mol. The van der Waals surface area contributed by atoms with E-state index in [1.807, 2.05) is 0 Å². The second-order valence-electron chi connectivity index (χ2n) is 4.91. The standard InChI is InChI=1S/C13H16N4O2/c18-9-10-2-1-4-16(8-10)13(19)11-6-15-17-5-3-14-7-12(11)17/h3,5-7,10,18H,1-2,4,8-9H2. The number of amides is 1. The van der Waals surface area contributed by atoms with Gasteiger partial charge in [0, 0.05) is 32.1 Å². The highest BCUT2D eigenvalue weighted by Gasteiger charge is 2.25. The van der Waals surface area contributed by atoms with Gasteiger partial charge in [0.2, 0.25) is 0 Å². The molecule has 0 radical (unpaired) electrons. The maximum atomic E-state index is 12.5. The summed E-state index contributed by atoms with van der Waals surface area (Å²) in [6.45, 7) is 1.50. The number of rotatable bonds is 2. The Morgan fingerprint density at radius 1 is 1.47 bits per heavy atom. The van der Waals surface area contributed by atoms with Crippen LogP contribution < -0.4 is 0 Å². The van der Waals surface area contributed by atoms with E-state index in [-0.39, 0.29) is 18.4 Å². The minimum atomic E-state index is -0.0267. The molecule has 0 spiro atoms. The lowest BCUT2D eigenvalue weighted by molar-refractivity contribution is 0.0622. The molecule has 1 saturated heterocycles. The van der Waals surface area contributed by atoms with E-state index in [1.165, 1.54) is 0 Å². The molecule has 3 rings (SSSR count). The van der Waals surface area contributed by atoms with Crippen LogP contribution in [0.4, 0.5) is 0 Å². The van der Waals surface area contributed by atoms with E-state index in [0.717, 1.165) is 24.9 Å². The highest BCUT2D eigenvalue weighted by atomic mass is 16.3. The van der Waals surface area contributed by atoms with Crippen LogP contribution in [-0.2, 0) is 0 Å². The van der Waals surface area contributed by atoms with Crippen molar-refractivity contribution in [3.63, 3.8) is 0 Å². The third kappa shape index (κ3) is 2.19. The number of nitrogens with zero attached hydrogens (tertiary/aromatic N) is 4. The third-order valence-electron chi connectivity index (χ3n) is 3.62. The Kier molecular flexibility index (Phi) is 3.16. The van der Waals surface area contributed by atoms with E-state index in [9.17, 15) is 9.90 Å². The normalized spacial score (nSPS) is 19.8. The minimum Gasteiger partial charge on any atom is -0.396 e. The molecule has 6 heteroatoms. The van der Waals surface area contributed by atoms with E-state index in [0.29, 0.717) is 12.1 Å². The first-order valence-corrected chi connectivity index (χ1v) is 6.47. The fourth-order valence-electron chi connectivity index (χ4n) is 2.57. The summed E-state index contributed by atoms with van der Waals surface area (Å²) < 4.78 is 1.65. The van der Waals surface area contributed by atoms with Crippen LogP contribution in [0.1, 0.15) is 23.2 Å². The van der Waals surface area contributed by atoms with Crippen molar-refractivity contribution in [1.82, 2.24) is 19.5 Å². The molecular formula is C13H16N4O2. The fourth-order valence-corrected chi connectivity index (χ4v) is 2.57. The van der Waals surface area contributed by atoms with E-state index >= 15 is 0 Å². The predicted octanol–water partition coefficient (Wildman–Crippen LogP) is 0.574. The van der Waals surface area contributed by atoms with Crippen molar-refractivity contribution in [2.24, 2.45) is 5.92 Å². The van der Waals surface area contributed by atoms with Gasteiger partial charge in [0.05, 0.1) is 23.5 Å². The van der Waals surface area contributed by atoms with Crippen LogP contribution in [0.5, 0.6) is 0 Å². The minimum absolute atomic E-state index is 0.0267. The number of piperidine rings is 1. The van der Waals surface area contributed by atoms with Crippen molar-refractivity contribution in [2.75, 3.05) is 19.7 Å². The summed E-state index contributed by atoms with van der Waals surface area (Å²) in [5.41, 5.74) is 1.30. The Balaban J connectivity index is 1.87. The largest absolute Gasteiger partial charge is 0.396 e. The fraction of sp³-hybridized carbons (Fsp3) is 0.462. The van der Waals surface area contributed by atoms with E-state index < -0.39 is 0 Å². The number of likely N-dealkylation sites (tertiary alicyclic amines) is 1. The van der Waals surface area contributed by atoms with Gasteiger partial charge >= 0.3 is 0 Å². The summed E-state index contributed by atoms with van der Waals surface area (Å²) in [6, 6.07) is 0. The van der Waals surface area contributed by atoms with Crippen LogP contribution >= 0.6 is 0 Å². The zero-order valence-corrected chi connectivity index (χ0v) is 10.6. The van der Waals surface area contributed by atoms with Gasteiger partial charge in [0.25, 0.3) is 5.91 Å².